The van der Waals surface area contributed by atoms with E-state index in [-0.39, 0.29) is 12.4 Å². The third kappa shape index (κ3) is 7.32. The van der Waals surface area contributed by atoms with Gasteiger partial charge in [0.25, 0.3) is 0 Å². The molecule has 0 heterocycles. The summed E-state index contributed by atoms with van der Waals surface area (Å²) in [6.07, 6.45) is -5.76. The molecule has 0 atom stereocenters. The molecule has 0 saturated heterocycles. The second kappa shape index (κ2) is 8.09. The summed E-state index contributed by atoms with van der Waals surface area (Å²) in [6.45, 7) is 5.96. The van der Waals surface area contributed by atoms with E-state index in [0.717, 1.165) is 6.07 Å². The van der Waals surface area contributed by atoms with Gasteiger partial charge in [-0.3, -0.25) is 5.32 Å². The summed E-state index contributed by atoms with van der Waals surface area (Å²) < 4.78 is 54.1. The highest BCUT2D eigenvalue weighted by Crippen LogP contribution is 2.37. The van der Waals surface area contributed by atoms with Gasteiger partial charge in [0, 0.05) is 0 Å². The maximum Gasteiger partial charge on any atom is 0.418 e. The quantitative estimate of drug-likeness (QED) is 0.801. The van der Waals surface area contributed by atoms with Crippen LogP contribution in [0.4, 0.5) is 23.7 Å². The van der Waals surface area contributed by atoms with E-state index in [2.05, 4.69) is 10.1 Å². The summed E-state index contributed by atoms with van der Waals surface area (Å²) in [5, 5.41) is 2.06. The first-order valence-electron chi connectivity index (χ1n) is 7.42. The molecular weight excluding hydrogens is 343 g/mol. The van der Waals surface area contributed by atoms with Crippen LogP contribution < -0.4 is 10.1 Å². The van der Waals surface area contributed by atoms with E-state index in [9.17, 15) is 22.8 Å². The first-order valence-corrected chi connectivity index (χ1v) is 7.42. The van der Waals surface area contributed by atoms with E-state index in [1.54, 1.807) is 27.7 Å². The number of amides is 1. The Hall–Kier alpha value is -2.45. The van der Waals surface area contributed by atoms with Crippen molar-refractivity contribution < 1.29 is 37.0 Å². The lowest BCUT2D eigenvalue weighted by molar-refractivity contribution is -0.145. The Morgan fingerprint density at radius 1 is 1.16 bits per heavy atom. The smallest absolute Gasteiger partial charge is 0.418 e. The minimum absolute atomic E-state index is 0.134. The van der Waals surface area contributed by atoms with Crippen LogP contribution in [0, 0.1) is 0 Å². The van der Waals surface area contributed by atoms with Crippen LogP contribution in [0.1, 0.15) is 33.3 Å². The van der Waals surface area contributed by atoms with Crippen molar-refractivity contribution in [3.63, 3.8) is 0 Å². The Labute approximate surface area is 143 Å². The molecule has 0 aliphatic heterocycles. The van der Waals surface area contributed by atoms with Crippen LogP contribution in [0.3, 0.4) is 0 Å². The first-order chi connectivity index (χ1) is 11.4. The van der Waals surface area contributed by atoms with Crippen LogP contribution in [0.15, 0.2) is 18.2 Å². The Balaban J connectivity index is 2.95. The van der Waals surface area contributed by atoms with E-state index in [4.69, 9.17) is 9.47 Å². The molecule has 140 valence electrons. The molecule has 0 unspecified atom stereocenters. The number of esters is 1. The van der Waals surface area contributed by atoms with Crippen molar-refractivity contribution in [2.75, 3.05) is 18.5 Å². The van der Waals surface area contributed by atoms with Gasteiger partial charge in [-0.15, -0.1) is 0 Å². The summed E-state index contributed by atoms with van der Waals surface area (Å²) in [6, 6.07) is 2.90. The highest BCUT2D eigenvalue weighted by atomic mass is 19.4. The number of hydrogen-bond donors (Lipinski definition) is 1. The third-order valence-electron chi connectivity index (χ3n) is 2.59. The molecule has 0 aliphatic carbocycles. The summed E-state index contributed by atoms with van der Waals surface area (Å²) in [4.78, 5) is 22.9. The average Bonchev–Trinajstić information content (AvgIpc) is 2.43. The standard InChI is InChI=1S/C16H20F3NO5/c1-5-23-13(21)9-24-10-6-7-12(11(8-10)16(17,18)19)20-14(22)25-15(2,3)4/h6-8H,5,9H2,1-4H3,(H,20,22). The van der Waals surface area contributed by atoms with Gasteiger partial charge in [-0.05, 0) is 45.9 Å². The number of benzene rings is 1. The van der Waals surface area contributed by atoms with Gasteiger partial charge in [0.05, 0.1) is 17.9 Å². The fourth-order valence-corrected chi connectivity index (χ4v) is 1.72. The van der Waals surface area contributed by atoms with Crippen LogP contribution in [0.2, 0.25) is 0 Å². The van der Waals surface area contributed by atoms with E-state index >= 15 is 0 Å². The summed E-state index contributed by atoms with van der Waals surface area (Å²) in [7, 11) is 0. The molecule has 1 aromatic rings. The second-order valence-electron chi connectivity index (χ2n) is 5.93. The number of nitrogens with one attached hydrogen (secondary N) is 1. The lowest BCUT2D eigenvalue weighted by Crippen LogP contribution is -2.28. The molecule has 0 fully saturated rings. The van der Waals surface area contributed by atoms with Gasteiger partial charge in [0.1, 0.15) is 11.4 Å². The van der Waals surface area contributed by atoms with Crippen molar-refractivity contribution >= 4 is 17.7 Å². The number of hydrogen-bond acceptors (Lipinski definition) is 5. The van der Waals surface area contributed by atoms with Crippen molar-refractivity contribution in [1.82, 2.24) is 0 Å². The Morgan fingerprint density at radius 3 is 2.32 bits per heavy atom. The monoisotopic (exact) mass is 363 g/mol. The Bertz CT molecular complexity index is 623. The molecule has 25 heavy (non-hydrogen) atoms. The molecule has 1 amide bonds. The molecule has 0 saturated carbocycles. The van der Waals surface area contributed by atoms with Gasteiger partial charge in [-0.1, -0.05) is 0 Å². The van der Waals surface area contributed by atoms with Crippen LogP contribution >= 0.6 is 0 Å². The average molecular weight is 363 g/mol. The van der Waals surface area contributed by atoms with E-state index in [0.29, 0.717) is 6.07 Å². The SMILES string of the molecule is CCOC(=O)COc1ccc(NC(=O)OC(C)(C)C)c(C(F)(F)F)c1. The van der Waals surface area contributed by atoms with Gasteiger partial charge in [-0.2, -0.15) is 13.2 Å². The highest BCUT2D eigenvalue weighted by Gasteiger charge is 2.35. The summed E-state index contributed by atoms with van der Waals surface area (Å²) >= 11 is 0. The number of anilines is 1. The zero-order valence-electron chi connectivity index (χ0n) is 14.3. The minimum atomic E-state index is -4.74. The molecule has 1 N–H and O–H groups in total. The molecule has 0 bridgehead atoms. The van der Waals surface area contributed by atoms with E-state index in [1.807, 2.05) is 0 Å². The molecule has 0 radical (unpaired) electrons. The lowest BCUT2D eigenvalue weighted by Gasteiger charge is -2.21. The number of carbonyl (C=O) groups is 2. The van der Waals surface area contributed by atoms with E-state index in [1.165, 1.54) is 6.07 Å². The van der Waals surface area contributed by atoms with Crippen LogP contribution in [0.5, 0.6) is 5.75 Å². The number of ether oxygens (including phenoxy) is 3. The fraction of sp³-hybridized carbons (Fsp3) is 0.500. The fourth-order valence-electron chi connectivity index (χ4n) is 1.72. The molecule has 0 aromatic heterocycles. The first kappa shape index (κ1) is 20.6. The molecule has 1 aromatic carbocycles. The maximum absolute atomic E-state index is 13.2. The molecule has 1 rings (SSSR count). The third-order valence-corrected chi connectivity index (χ3v) is 2.59. The number of alkyl halides is 3. The van der Waals surface area contributed by atoms with Crippen molar-refractivity contribution in [1.29, 1.82) is 0 Å². The Kier molecular flexibility index (Phi) is 6.66. The van der Waals surface area contributed by atoms with Crippen molar-refractivity contribution in [3.05, 3.63) is 23.8 Å². The van der Waals surface area contributed by atoms with Crippen LogP contribution in [0.25, 0.3) is 0 Å². The van der Waals surface area contributed by atoms with Gasteiger partial charge >= 0.3 is 18.2 Å². The molecule has 0 spiro atoms. The molecule has 9 heteroatoms. The summed E-state index contributed by atoms with van der Waals surface area (Å²) in [5.41, 5.74) is -2.46. The van der Waals surface area contributed by atoms with Gasteiger partial charge < -0.3 is 14.2 Å². The van der Waals surface area contributed by atoms with Crippen molar-refractivity contribution in [2.24, 2.45) is 0 Å². The number of rotatable bonds is 5. The Morgan fingerprint density at radius 2 is 1.80 bits per heavy atom. The van der Waals surface area contributed by atoms with Gasteiger partial charge in [0.15, 0.2) is 6.61 Å². The predicted octanol–water partition coefficient (Wildman–Crippen LogP) is 3.99. The predicted molar refractivity (Wildman–Crippen MR) is 83.4 cm³/mol. The molecule has 0 aliphatic rings. The van der Waals surface area contributed by atoms with Crippen LogP contribution in [-0.2, 0) is 20.4 Å². The van der Waals surface area contributed by atoms with Gasteiger partial charge in [-0.25, -0.2) is 9.59 Å². The van der Waals surface area contributed by atoms with E-state index < -0.39 is 41.7 Å². The van der Waals surface area contributed by atoms with Crippen LogP contribution in [-0.4, -0.2) is 30.9 Å². The topological polar surface area (TPSA) is 73.9 Å². The van der Waals surface area contributed by atoms with Gasteiger partial charge in [0.2, 0.25) is 0 Å². The molecule has 6 nitrogen and oxygen atoms in total. The normalized spacial score (nSPS) is 11.6. The lowest BCUT2D eigenvalue weighted by atomic mass is 10.1. The maximum atomic E-state index is 13.2. The summed E-state index contributed by atoms with van der Waals surface area (Å²) in [5.74, 6) is -0.887. The number of halogens is 3. The molecular formula is C16H20F3NO5. The zero-order chi connectivity index (χ0) is 19.3. The highest BCUT2D eigenvalue weighted by molar-refractivity contribution is 5.86. The number of carbonyl (C=O) groups excluding carboxylic acids is 2. The zero-order valence-corrected chi connectivity index (χ0v) is 14.3. The largest absolute Gasteiger partial charge is 0.482 e. The van der Waals surface area contributed by atoms with Crippen molar-refractivity contribution in [2.45, 2.75) is 39.5 Å². The second-order valence-corrected chi connectivity index (χ2v) is 5.93. The minimum Gasteiger partial charge on any atom is -0.482 e. The van der Waals surface area contributed by atoms with Crippen molar-refractivity contribution in [3.8, 4) is 5.75 Å².